The van der Waals surface area contributed by atoms with Crippen LogP contribution in [0.4, 0.5) is 0 Å². The van der Waals surface area contributed by atoms with Crippen LogP contribution >= 0.6 is 11.8 Å². The van der Waals surface area contributed by atoms with Gasteiger partial charge in [-0.25, -0.2) is 4.68 Å². The van der Waals surface area contributed by atoms with Gasteiger partial charge in [0, 0.05) is 5.75 Å². The molecule has 0 saturated heterocycles. The molecule has 4 nitrogen and oxygen atoms in total. The number of nitrogens with two attached hydrogens (primary N) is 1. The summed E-state index contributed by atoms with van der Waals surface area (Å²) >= 11 is 1.57. The Balaban J connectivity index is 2.44. The quantitative estimate of drug-likeness (QED) is 0.433. The normalized spacial score (nSPS) is 9.83. The first-order valence-electron chi connectivity index (χ1n) is 3.61. The van der Waals surface area contributed by atoms with Crippen LogP contribution in [0.5, 0.6) is 0 Å². The van der Waals surface area contributed by atoms with Crippen LogP contribution in [0, 0.1) is 0 Å². The lowest BCUT2D eigenvalue weighted by Gasteiger charge is -1.96. The molecule has 0 aromatic carbocycles. The van der Waals surface area contributed by atoms with Crippen LogP contribution in [0.2, 0.25) is 0 Å². The molecular weight excluding hydrogens is 172 g/mol. The average Bonchev–Trinajstić information content (AvgIpc) is 2.36. The Labute approximate surface area is 75.8 Å². The van der Waals surface area contributed by atoms with Crippen LogP contribution in [-0.2, 0) is 0 Å². The van der Waals surface area contributed by atoms with Crippen LogP contribution < -0.4 is 5.84 Å². The van der Waals surface area contributed by atoms with Gasteiger partial charge in [0.1, 0.15) is 6.33 Å². The van der Waals surface area contributed by atoms with Crippen LogP contribution in [-0.4, -0.2) is 20.6 Å². The molecule has 66 valence electrons. The first-order valence-corrected chi connectivity index (χ1v) is 4.60. The van der Waals surface area contributed by atoms with Gasteiger partial charge in [0.2, 0.25) is 5.16 Å². The highest BCUT2D eigenvalue weighted by Crippen LogP contribution is 2.12. The summed E-state index contributed by atoms with van der Waals surface area (Å²) in [5.41, 5.74) is 1.30. The van der Waals surface area contributed by atoms with Gasteiger partial charge in [0.25, 0.3) is 0 Å². The third-order valence-corrected chi connectivity index (χ3v) is 2.13. The number of hydrogen-bond acceptors (Lipinski definition) is 4. The van der Waals surface area contributed by atoms with Gasteiger partial charge in [-0.2, -0.15) is 0 Å². The third kappa shape index (κ3) is 2.58. The molecule has 1 heterocycles. The lowest BCUT2D eigenvalue weighted by atomic mass is 10.3. The van der Waals surface area contributed by atoms with E-state index in [2.05, 4.69) is 30.1 Å². The maximum Gasteiger partial charge on any atom is 0.209 e. The van der Waals surface area contributed by atoms with Gasteiger partial charge in [0.05, 0.1) is 0 Å². The maximum absolute atomic E-state index is 5.51. The molecule has 5 heteroatoms. The average molecular weight is 184 g/mol. The van der Waals surface area contributed by atoms with E-state index in [4.69, 9.17) is 5.84 Å². The molecule has 0 amide bonds. The van der Waals surface area contributed by atoms with Crippen molar-refractivity contribution in [3.8, 4) is 0 Å². The molecule has 1 rings (SSSR count). The Morgan fingerprint density at radius 1 is 1.75 bits per heavy atom. The predicted octanol–water partition coefficient (Wildman–Crippen LogP) is 1.05. The first kappa shape index (κ1) is 9.12. The van der Waals surface area contributed by atoms with Crippen molar-refractivity contribution in [3.05, 3.63) is 18.0 Å². The molecule has 0 fully saturated rings. The Morgan fingerprint density at radius 2 is 2.50 bits per heavy atom. The third-order valence-electron chi connectivity index (χ3n) is 1.24. The lowest BCUT2D eigenvalue weighted by Crippen LogP contribution is -2.07. The minimum absolute atomic E-state index is 0.743. The summed E-state index contributed by atoms with van der Waals surface area (Å²) in [4.78, 5) is 0. The minimum atomic E-state index is 0.743. The van der Waals surface area contributed by atoms with Crippen molar-refractivity contribution in [2.75, 3.05) is 11.6 Å². The molecule has 0 aliphatic carbocycles. The summed E-state index contributed by atoms with van der Waals surface area (Å²) in [5, 5.41) is 8.24. The largest absolute Gasteiger partial charge is 0.336 e. The summed E-state index contributed by atoms with van der Waals surface area (Å²) in [6, 6.07) is 0. The molecule has 0 aliphatic rings. The SMILES string of the molecule is CC(C)=CCSc1nncn1N. The second-order valence-corrected chi connectivity index (χ2v) is 3.60. The van der Waals surface area contributed by atoms with Gasteiger partial charge in [-0.05, 0) is 13.8 Å². The fourth-order valence-corrected chi connectivity index (χ4v) is 1.48. The molecule has 0 saturated carbocycles. The Morgan fingerprint density at radius 3 is 3.00 bits per heavy atom. The molecule has 0 radical (unpaired) electrons. The van der Waals surface area contributed by atoms with E-state index in [9.17, 15) is 0 Å². The van der Waals surface area contributed by atoms with Crippen molar-refractivity contribution in [1.82, 2.24) is 14.9 Å². The van der Waals surface area contributed by atoms with Crippen LogP contribution in [0.15, 0.2) is 23.1 Å². The van der Waals surface area contributed by atoms with E-state index in [0.29, 0.717) is 0 Å². The predicted molar refractivity (Wildman–Crippen MR) is 50.3 cm³/mol. The zero-order valence-electron chi connectivity index (χ0n) is 7.19. The van der Waals surface area contributed by atoms with Gasteiger partial charge >= 0.3 is 0 Å². The number of rotatable bonds is 3. The van der Waals surface area contributed by atoms with Crippen LogP contribution in [0.1, 0.15) is 13.8 Å². The summed E-state index contributed by atoms with van der Waals surface area (Å²) in [6.07, 6.45) is 3.62. The summed E-state index contributed by atoms with van der Waals surface area (Å²) in [7, 11) is 0. The molecule has 0 aliphatic heterocycles. The minimum Gasteiger partial charge on any atom is -0.336 e. The van der Waals surface area contributed by atoms with Gasteiger partial charge in [-0.3, -0.25) is 0 Å². The number of nitrogens with zero attached hydrogens (tertiary/aromatic N) is 3. The smallest absolute Gasteiger partial charge is 0.209 e. The number of allylic oxidation sites excluding steroid dienone is 1. The summed E-state index contributed by atoms with van der Waals surface area (Å²) < 4.78 is 1.42. The molecule has 0 unspecified atom stereocenters. The molecule has 0 atom stereocenters. The van der Waals surface area contributed by atoms with E-state index < -0.39 is 0 Å². The van der Waals surface area contributed by atoms with Crippen molar-refractivity contribution in [1.29, 1.82) is 0 Å². The van der Waals surface area contributed by atoms with E-state index >= 15 is 0 Å². The van der Waals surface area contributed by atoms with Crippen molar-refractivity contribution >= 4 is 11.8 Å². The number of aromatic nitrogens is 3. The number of nitrogen functional groups attached to an aromatic ring is 1. The Bertz CT molecular complexity index is 275. The Kier molecular flexibility index (Phi) is 3.16. The highest BCUT2D eigenvalue weighted by atomic mass is 32.2. The molecular formula is C7H12N4S. The zero-order chi connectivity index (χ0) is 8.97. The first-order chi connectivity index (χ1) is 5.70. The second kappa shape index (κ2) is 4.15. The number of hydrogen-bond donors (Lipinski definition) is 1. The van der Waals surface area contributed by atoms with Crippen LogP contribution in [0.3, 0.4) is 0 Å². The molecule has 0 spiro atoms. The lowest BCUT2D eigenvalue weighted by molar-refractivity contribution is 0.847. The topological polar surface area (TPSA) is 56.7 Å². The van der Waals surface area contributed by atoms with Gasteiger partial charge in [0.15, 0.2) is 0 Å². The van der Waals surface area contributed by atoms with E-state index in [-0.39, 0.29) is 0 Å². The monoisotopic (exact) mass is 184 g/mol. The van der Waals surface area contributed by atoms with Crippen molar-refractivity contribution < 1.29 is 0 Å². The van der Waals surface area contributed by atoms with Gasteiger partial charge in [-0.15, -0.1) is 10.2 Å². The van der Waals surface area contributed by atoms with E-state index in [1.165, 1.54) is 16.6 Å². The summed E-state index contributed by atoms with van der Waals surface area (Å²) in [5.74, 6) is 6.39. The molecule has 2 N–H and O–H groups in total. The fraction of sp³-hybridized carbons (Fsp3) is 0.429. The second-order valence-electron chi connectivity index (χ2n) is 2.61. The van der Waals surface area contributed by atoms with Crippen LogP contribution in [0.25, 0.3) is 0 Å². The highest BCUT2D eigenvalue weighted by molar-refractivity contribution is 7.99. The van der Waals surface area contributed by atoms with Crippen molar-refractivity contribution in [2.24, 2.45) is 0 Å². The Hall–Kier alpha value is -0.970. The van der Waals surface area contributed by atoms with Gasteiger partial charge < -0.3 is 5.84 Å². The maximum atomic E-state index is 5.51. The fourth-order valence-electron chi connectivity index (χ4n) is 0.618. The van der Waals surface area contributed by atoms with E-state index in [1.54, 1.807) is 11.8 Å². The summed E-state index contributed by atoms with van der Waals surface area (Å²) in [6.45, 7) is 4.13. The molecule has 1 aromatic heterocycles. The number of thioether (sulfide) groups is 1. The zero-order valence-corrected chi connectivity index (χ0v) is 8.01. The standard InChI is InChI=1S/C7H12N4S/c1-6(2)3-4-12-7-10-9-5-11(7)8/h3,5H,4,8H2,1-2H3. The van der Waals surface area contributed by atoms with Gasteiger partial charge in [-0.1, -0.05) is 23.4 Å². The molecule has 12 heavy (non-hydrogen) atoms. The van der Waals surface area contributed by atoms with E-state index in [0.717, 1.165) is 10.9 Å². The molecule has 0 bridgehead atoms. The highest BCUT2D eigenvalue weighted by Gasteiger charge is 1.98. The molecule has 1 aromatic rings. The van der Waals surface area contributed by atoms with E-state index in [1.807, 2.05) is 0 Å². The van der Waals surface area contributed by atoms with Crippen molar-refractivity contribution in [2.45, 2.75) is 19.0 Å². The van der Waals surface area contributed by atoms with Crippen molar-refractivity contribution in [3.63, 3.8) is 0 Å².